The number of methoxy groups -OCH3 is 1. The molecule has 0 radical (unpaired) electrons. The van der Waals surface area contributed by atoms with Gasteiger partial charge in [-0.1, -0.05) is 0 Å². The Bertz CT molecular complexity index is 434. The molecule has 1 aliphatic heterocycles. The topological polar surface area (TPSA) is 64.8 Å². The Balaban J connectivity index is 2.30. The first-order valence-electron chi connectivity index (χ1n) is 5.47. The number of hydrogen-bond acceptors (Lipinski definition) is 4. The normalized spacial score (nSPS) is 16.4. The highest BCUT2D eigenvalue weighted by Gasteiger charge is 2.26. The van der Waals surface area contributed by atoms with E-state index in [0.717, 1.165) is 5.69 Å². The van der Waals surface area contributed by atoms with Crippen molar-refractivity contribution in [2.24, 2.45) is 0 Å². The van der Waals surface area contributed by atoms with Crippen LogP contribution in [-0.2, 0) is 9.53 Å². The molecule has 1 aromatic rings. The maximum absolute atomic E-state index is 11.8. The van der Waals surface area contributed by atoms with E-state index in [-0.39, 0.29) is 18.6 Å². The number of benzene rings is 1. The molecule has 92 valence electrons. The van der Waals surface area contributed by atoms with E-state index in [4.69, 9.17) is 15.2 Å². The molecule has 0 saturated carbocycles. The van der Waals surface area contributed by atoms with Crippen LogP contribution in [0.25, 0.3) is 0 Å². The number of hydrogen-bond donors (Lipinski definition) is 1. The molecule has 0 spiro atoms. The van der Waals surface area contributed by atoms with E-state index in [2.05, 4.69) is 0 Å². The van der Waals surface area contributed by atoms with Gasteiger partial charge in [-0.2, -0.15) is 0 Å². The van der Waals surface area contributed by atoms with Gasteiger partial charge in [0.15, 0.2) is 6.61 Å². The van der Waals surface area contributed by atoms with Gasteiger partial charge in [0, 0.05) is 18.9 Å². The van der Waals surface area contributed by atoms with Crippen molar-refractivity contribution < 1.29 is 14.3 Å². The molecule has 0 fully saturated rings. The number of nitrogen functional groups attached to an aromatic ring is 1. The summed E-state index contributed by atoms with van der Waals surface area (Å²) < 4.78 is 10.5. The number of nitrogens with zero attached hydrogens (tertiary/aromatic N) is 1. The van der Waals surface area contributed by atoms with Crippen molar-refractivity contribution in [1.82, 2.24) is 0 Å². The third-order valence-electron chi connectivity index (χ3n) is 2.77. The summed E-state index contributed by atoms with van der Waals surface area (Å²) in [4.78, 5) is 13.5. The van der Waals surface area contributed by atoms with Crippen molar-refractivity contribution in [3.8, 4) is 5.75 Å². The lowest BCUT2D eigenvalue weighted by Crippen LogP contribution is -2.42. The lowest BCUT2D eigenvalue weighted by atomic mass is 10.2. The second kappa shape index (κ2) is 4.63. The van der Waals surface area contributed by atoms with Gasteiger partial charge < -0.3 is 20.1 Å². The number of nitrogens with two attached hydrogens (primary N) is 1. The number of amides is 1. The number of ether oxygens (including phenoxy) is 2. The molecule has 1 heterocycles. The molecule has 2 rings (SSSR count). The summed E-state index contributed by atoms with van der Waals surface area (Å²) in [5.74, 6) is 0.582. The predicted molar refractivity (Wildman–Crippen MR) is 65.2 cm³/mol. The van der Waals surface area contributed by atoms with E-state index in [0.29, 0.717) is 18.0 Å². The second-order valence-corrected chi connectivity index (χ2v) is 4.07. The van der Waals surface area contributed by atoms with E-state index in [1.54, 1.807) is 30.2 Å². The molecule has 0 aliphatic carbocycles. The minimum Gasteiger partial charge on any atom is -0.481 e. The Morgan fingerprint density at radius 1 is 1.59 bits per heavy atom. The molecule has 2 N–H and O–H groups in total. The minimum atomic E-state index is -0.0637. The SMILES string of the molecule is COC(C)CN1C(=O)COc2cc(N)ccc21. The standard InChI is InChI=1S/C12H16N2O3/c1-8(16-2)6-14-10-4-3-9(13)5-11(10)17-7-12(14)15/h3-5,8H,6-7,13H2,1-2H3. The molecule has 1 unspecified atom stereocenters. The summed E-state index contributed by atoms with van der Waals surface area (Å²) in [6.07, 6.45) is -0.0255. The molecule has 0 saturated heterocycles. The number of anilines is 2. The summed E-state index contributed by atoms with van der Waals surface area (Å²) in [6, 6.07) is 5.28. The van der Waals surface area contributed by atoms with Gasteiger partial charge in [0.25, 0.3) is 5.91 Å². The maximum Gasteiger partial charge on any atom is 0.265 e. The van der Waals surface area contributed by atoms with Crippen LogP contribution in [0, 0.1) is 0 Å². The van der Waals surface area contributed by atoms with Crippen LogP contribution in [0.5, 0.6) is 5.75 Å². The molecular weight excluding hydrogens is 220 g/mol. The smallest absolute Gasteiger partial charge is 0.265 e. The van der Waals surface area contributed by atoms with Crippen LogP contribution in [0.3, 0.4) is 0 Å². The predicted octanol–water partition coefficient (Wildman–Crippen LogP) is 1.03. The maximum atomic E-state index is 11.8. The first kappa shape index (κ1) is 11.7. The number of rotatable bonds is 3. The molecule has 1 aliphatic rings. The third-order valence-corrected chi connectivity index (χ3v) is 2.77. The Labute approximate surface area is 100 Å². The Morgan fingerprint density at radius 3 is 3.06 bits per heavy atom. The van der Waals surface area contributed by atoms with Gasteiger partial charge in [-0.15, -0.1) is 0 Å². The van der Waals surface area contributed by atoms with Crippen LogP contribution in [0.2, 0.25) is 0 Å². The molecular formula is C12H16N2O3. The zero-order chi connectivity index (χ0) is 12.4. The lowest BCUT2D eigenvalue weighted by molar-refractivity contribution is -0.121. The monoisotopic (exact) mass is 236 g/mol. The molecule has 5 nitrogen and oxygen atoms in total. The van der Waals surface area contributed by atoms with Gasteiger partial charge in [0.2, 0.25) is 0 Å². The summed E-state index contributed by atoms with van der Waals surface area (Å²) in [5.41, 5.74) is 7.05. The summed E-state index contributed by atoms with van der Waals surface area (Å²) >= 11 is 0. The van der Waals surface area contributed by atoms with Crippen molar-refractivity contribution in [3.05, 3.63) is 18.2 Å². The molecule has 5 heteroatoms. The van der Waals surface area contributed by atoms with Crippen molar-refractivity contribution in [2.45, 2.75) is 13.0 Å². The minimum absolute atomic E-state index is 0.0255. The van der Waals surface area contributed by atoms with Crippen LogP contribution in [0.1, 0.15) is 6.92 Å². The van der Waals surface area contributed by atoms with Gasteiger partial charge >= 0.3 is 0 Å². The average molecular weight is 236 g/mol. The van der Waals surface area contributed by atoms with E-state index < -0.39 is 0 Å². The second-order valence-electron chi connectivity index (χ2n) is 4.07. The highest BCUT2D eigenvalue weighted by atomic mass is 16.5. The Morgan fingerprint density at radius 2 is 2.35 bits per heavy atom. The van der Waals surface area contributed by atoms with Crippen molar-refractivity contribution in [1.29, 1.82) is 0 Å². The number of carbonyl (C=O) groups excluding carboxylic acids is 1. The summed E-state index contributed by atoms with van der Waals surface area (Å²) in [7, 11) is 1.62. The van der Waals surface area contributed by atoms with Crippen LogP contribution < -0.4 is 15.4 Å². The van der Waals surface area contributed by atoms with Crippen molar-refractivity contribution in [2.75, 3.05) is 30.9 Å². The Hall–Kier alpha value is -1.75. The number of carbonyl (C=O) groups is 1. The molecule has 1 amide bonds. The molecule has 0 aromatic heterocycles. The fourth-order valence-electron chi connectivity index (χ4n) is 1.75. The van der Waals surface area contributed by atoms with Crippen LogP contribution in [0.4, 0.5) is 11.4 Å². The van der Waals surface area contributed by atoms with E-state index in [1.165, 1.54) is 0 Å². The van der Waals surface area contributed by atoms with E-state index >= 15 is 0 Å². The fourth-order valence-corrected chi connectivity index (χ4v) is 1.75. The molecule has 0 bridgehead atoms. The lowest BCUT2D eigenvalue weighted by Gasteiger charge is -2.31. The van der Waals surface area contributed by atoms with Crippen LogP contribution in [0.15, 0.2) is 18.2 Å². The van der Waals surface area contributed by atoms with Gasteiger partial charge in [0.05, 0.1) is 18.3 Å². The summed E-state index contributed by atoms with van der Waals surface area (Å²) in [6.45, 7) is 2.47. The third kappa shape index (κ3) is 2.34. The summed E-state index contributed by atoms with van der Waals surface area (Å²) in [5, 5.41) is 0. The average Bonchev–Trinajstić information content (AvgIpc) is 2.32. The van der Waals surface area contributed by atoms with Gasteiger partial charge in [-0.05, 0) is 19.1 Å². The fraction of sp³-hybridized carbons (Fsp3) is 0.417. The van der Waals surface area contributed by atoms with Crippen molar-refractivity contribution in [3.63, 3.8) is 0 Å². The Kier molecular flexibility index (Phi) is 3.19. The van der Waals surface area contributed by atoms with Crippen molar-refractivity contribution >= 4 is 17.3 Å². The molecule has 17 heavy (non-hydrogen) atoms. The van der Waals surface area contributed by atoms with Gasteiger partial charge in [0.1, 0.15) is 5.75 Å². The zero-order valence-corrected chi connectivity index (χ0v) is 9.97. The molecule has 1 aromatic carbocycles. The number of fused-ring (bicyclic) bond motifs is 1. The first-order valence-corrected chi connectivity index (χ1v) is 5.47. The van der Waals surface area contributed by atoms with Crippen LogP contribution >= 0.6 is 0 Å². The largest absolute Gasteiger partial charge is 0.481 e. The van der Waals surface area contributed by atoms with E-state index in [9.17, 15) is 4.79 Å². The highest BCUT2D eigenvalue weighted by molar-refractivity contribution is 5.98. The van der Waals surface area contributed by atoms with E-state index in [1.807, 2.05) is 6.92 Å². The van der Waals surface area contributed by atoms with Gasteiger partial charge in [-0.25, -0.2) is 0 Å². The zero-order valence-electron chi connectivity index (χ0n) is 9.97. The van der Waals surface area contributed by atoms with Crippen LogP contribution in [-0.4, -0.2) is 32.3 Å². The quantitative estimate of drug-likeness (QED) is 0.796. The van der Waals surface area contributed by atoms with Gasteiger partial charge in [-0.3, -0.25) is 4.79 Å². The first-order chi connectivity index (χ1) is 8.11. The molecule has 1 atom stereocenters. The highest BCUT2D eigenvalue weighted by Crippen LogP contribution is 2.33.